The van der Waals surface area contributed by atoms with Crippen LogP contribution < -0.4 is 5.32 Å². The van der Waals surface area contributed by atoms with Crippen molar-refractivity contribution in [2.45, 2.75) is 5.72 Å². The first-order valence-corrected chi connectivity index (χ1v) is 6.05. The molecule has 0 saturated carbocycles. The molecule has 3 nitrogen and oxygen atoms in total. The molecule has 0 aliphatic carbocycles. The Bertz CT molecular complexity index is 875. The molecule has 1 amide bonds. The third-order valence-corrected chi connectivity index (χ3v) is 3.65. The van der Waals surface area contributed by atoms with Crippen LogP contribution in [0.1, 0.15) is 27.0 Å². The van der Waals surface area contributed by atoms with E-state index in [9.17, 15) is 9.90 Å². The molecule has 1 atom stereocenters. The van der Waals surface area contributed by atoms with Crippen molar-refractivity contribution in [3.8, 4) is 0 Å². The Morgan fingerprint density at radius 3 is 2.68 bits per heavy atom. The first kappa shape index (κ1) is 8.59. The molecule has 5 heteroatoms. The van der Waals surface area contributed by atoms with Crippen molar-refractivity contribution < 1.29 is 15.4 Å². The van der Waals surface area contributed by atoms with Crippen LogP contribution in [-0.4, -0.2) is 11.0 Å². The molecule has 1 aliphatic rings. The van der Waals surface area contributed by atoms with E-state index in [1.165, 1.54) is 18.2 Å². The predicted octanol–water partition coefficient (Wildman–Crippen LogP) is 2.93. The van der Waals surface area contributed by atoms with Gasteiger partial charge in [-0.05, 0) is 18.2 Å². The fourth-order valence-corrected chi connectivity index (χ4v) is 2.28. The van der Waals surface area contributed by atoms with Gasteiger partial charge in [0.1, 0.15) is 0 Å². The Morgan fingerprint density at radius 2 is 1.95 bits per heavy atom. The molecule has 19 heavy (non-hydrogen) atoms. The molecule has 96 valence electrons. The van der Waals surface area contributed by atoms with Gasteiger partial charge in [0.2, 0.25) is 0 Å². The summed E-state index contributed by atoms with van der Waals surface area (Å²) in [6.45, 7) is 0. The summed E-state index contributed by atoms with van der Waals surface area (Å²) in [5.74, 6) is -0.791. The number of carbonyl (C=O) groups is 1. The van der Waals surface area contributed by atoms with Gasteiger partial charge >= 0.3 is 0 Å². The van der Waals surface area contributed by atoms with E-state index in [4.69, 9.17) is 28.7 Å². The zero-order chi connectivity index (χ0) is 17.1. The predicted molar refractivity (Wildman–Crippen MR) is 73.4 cm³/mol. The summed E-state index contributed by atoms with van der Waals surface area (Å²) in [6.07, 6.45) is 0. The molecule has 3 rings (SSSR count). The lowest BCUT2D eigenvalue weighted by molar-refractivity contribution is 0.0476. The van der Waals surface area contributed by atoms with Crippen LogP contribution in [0.3, 0.4) is 0 Å². The summed E-state index contributed by atoms with van der Waals surface area (Å²) in [6, 6.07) is 2.10. The number of nitrogens with one attached hydrogen (secondary N) is 1. The molecule has 0 radical (unpaired) electrons. The number of halogens is 2. The summed E-state index contributed by atoms with van der Waals surface area (Å²) < 4.78 is 31.2. The number of aliphatic hydroxyl groups is 1. The summed E-state index contributed by atoms with van der Waals surface area (Å²) in [7, 11) is 0. The lowest BCUT2D eigenvalue weighted by atomic mass is 9.95. The van der Waals surface area contributed by atoms with Crippen LogP contribution in [0.15, 0.2) is 42.4 Å². The second kappa shape index (κ2) is 4.23. The number of amides is 1. The van der Waals surface area contributed by atoms with Gasteiger partial charge < -0.3 is 10.4 Å². The van der Waals surface area contributed by atoms with Crippen molar-refractivity contribution >= 4 is 29.1 Å². The largest absolute Gasteiger partial charge is 0.363 e. The summed E-state index contributed by atoms with van der Waals surface area (Å²) in [5, 5.41) is 13.6. The van der Waals surface area contributed by atoms with Gasteiger partial charge in [0.25, 0.3) is 5.91 Å². The van der Waals surface area contributed by atoms with Crippen molar-refractivity contribution in [1.29, 1.82) is 0 Å². The highest BCUT2D eigenvalue weighted by atomic mass is 35.5. The lowest BCUT2D eigenvalue weighted by Crippen LogP contribution is -2.40. The van der Waals surface area contributed by atoms with E-state index in [-0.39, 0.29) is 26.7 Å². The maximum Gasteiger partial charge on any atom is 0.254 e. The van der Waals surface area contributed by atoms with Crippen LogP contribution in [0, 0.1) is 0 Å². The average molecular weight is 298 g/mol. The maximum atomic E-state index is 12.2. The Kier molecular flexibility index (Phi) is 1.91. The molecule has 0 bridgehead atoms. The normalized spacial score (nSPS) is 24.1. The first-order chi connectivity index (χ1) is 10.7. The van der Waals surface area contributed by atoms with Crippen molar-refractivity contribution in [2.75, 3.05) is 0 Å². The Morgan fingerprint density at radius 1 is 1.21 bits per heavy atom. The molecule has 1 heterocycles. The number of carbonyl (C=O) groups excluding carboxylic acids is 1. The van der Waals surface area contributed by atoms with E-state index >= 15 is 0 Å². The number of fused-ring (bicyclic) bond motifs is 1. The molecular formula is C14H9Cl2NO2. The molecule has 0 spiro atoms. The maximum absolute atomic E-state index is 12.2. The second-order valence-electron chi connectivity index (χ2n) is 4.04. The van der Waals surface area contributed by atoms with Crippen LogP contribution in [0.5, 0.6) is 0 Å². The van der Waals surface area contributed by atoms with Gasteiger partial charge in [-0.3, -0.25) is 4.79 Å². The van der Waals surface area contributed by atoms with E-state index in [2.05, 4.69) is 5.32 Å². The zero-order valence-electron chi connectivity index (χ0n) is 13.3. The van der Waals surface area contributed by atoms with E-state index in [0.29, 0.717) is 0 Å². The SMILES string of the molecule is [2H]c1c([2H])c([2H])c2c(c1[2H])C(=O)NC2(O)c1ccc(Cl)c(Cl)c1. The van der Waals surface area contributed by atoms with Gasteiger partial charge in [-0.2, -0.15) is 0 Å². The van der Waals surface area contributed by atoms with Gasteiger partial charge in [0.05, 0.1) is 15.5 Å². The van der Waals surface area contributed by atoms with Gasteiger partial charge in [0.15, 0.2) is 5.72 Å². The standard InChI is InChI=1S/C14H9Cl2NO2/c15-11-6-5-8(7-12(11)16)14(19)10-4-2-1-3-9(10)13(18)17-14/h1-7,19H,(H,17,18)/i1D,2D,3D,4D. The van der Waals surface area contributed by atoms with Crippen LogP contribution in [0.25, 0.3) is 0 Å². The molecule has 0 fully saturated rings. The van der Waals surface area contributed by atoms with Crippen molar-refractivity contribution in [1.82, 2.24) is 5.32 Å². The number of benzene rings is 2. The van der Waals surface area contributed by atoms with E-state index in [0.717, 1.165) is 0 Å². The van der Waals surface area contributed by atoms with Crippen LogP contribution in [-0.2, 0) is 5.72 Å². The molecule has 2 N–H and O–H groups in total. The van der Waals surface area contributed by atoms with E-state index in [1.54, 1.807) is 0 Å². The Hall–Kier alpha value is -1.55. The second-order valence-corrected chi connectivity index (χ2v) is 4.86. The third kappa shape index (κ3) is 1.82. The third-order valence-electron chi connectivity index (χ3n) is 2.91. The smallest absolute Gasteiger partial charge is 0.254 e. The molecule has 1 unspecified atom stereocenters. The summed E-state index contributed by atoms with van der Waals surface area (Å²) in [4.78, 5) is 12.2. The minimum absolute atomic E-state index is 0.140. The van der Waals surface area contributed by atoms with Crippen LogP contribution in [0.2, 0.25) is 10.0 Å². The highest BCUT2D eigenvalue weighted by molar-refractivity contribution is 6.42. The summed E-state index contributed by atoms with van der Waals surface area (Å²) >= 11 is 11.8. The van der Waals surface area contributed by atoms with Gasteiger partial charge in [-0.1, -0.05) is 47.4 Å². The molecular weight excluding hydrogens is 285 g/mol. The van der Waals surface area contributed by atoms with Gasteiger partial charge in [0, 0.05) is 16.7 Å². The monoisotopic (exact) mass is 297 g/mol. The van der Waals surface area contributed by atoms with Gasteiger partial charge in [-0.25, -0.2) is 0 Å². The molecule has 0 saturated heterocycles. The minimum atomic E-state index is -2.11. The molecule has 1 aliphatic heterocycles. The molecule has 2 aromatic rings. The fourth-order valence-electron chi connectivity index (χ4n) is 1.98. The van der Waals surface area contributed by atoms with Crippen molar-refractivity contribution in [2.24, 2.45) is 0 Å². The molecule has 2 aromatic carbocycles. The van der Waals surface area contributed by atoms with Crippen molar-refractivity contribution in [3.63, 3.8) is 0 Å². The number of rotatable bonds is 1. The summed E-state index contributed by atoms with van der Waals surface area (Å²) in [5.41, 5.74) is -2.49. The number of hydrogen-bond acceptors (Lipinski definition) is 2. The van der Waals surface area contributed by atoms with E-state index in [1.807, 2.05) is 0 Å². The Balaban J connectivity index is 2.35. The highest BCUT2D eigenvalue weighted by Gasteiger charge is 2.42. The molecule has 0 aromatic heterocycles. The van der Waals surface area contributed by atoms with E-state index < -0.39 is 35.8 Å². The average Bonchev–Trinajstić information content (AvgIpc) is 2.78. The lowest BCUT2D eigenvalue weighted by Gasteiger charge is -2.24. The zero-order valence-corrected chi connectivity index (χ0v) is 10.9. The minimum Gasteiger partial charge on any atom is -0.363 e. The topological polar surface area (TPSA) is 49.3 Å². The fraction of sp³-hybridized carbons (Fsp3) is 0.0714. The van der Waals surface area contributed by atoms with Crippen molar-refractivity contribution in [3.05, 3.63) is 69.1 Å². The van der Waals surface area contributed by atoms with Crippen LogP contribution in [0.4, 0.5) is 0 Å². The Labute approximate surface area is 125 Å². The van der Waals surface area contributed by atoms with Crippen LogP contribution >= 0.6 is 23.2 Å². The first-order valence-electron chi connectivity index (χ1n) is 7.29. The highest BCUT2D eigenvalue weighted by Crippen LogP contribution is 2.36. The van der Waals surface area contributed by atoms with Gasteiger partial charge in [-0.15, -0.1) is 0 Å². The quantitative estimate of drug-likeness (QED) is 0.850. The number of hydrogen-bond donors (Lipinski definition) is 2.